The number of halogens is 1. The molecule has 0 unspecified atom stereocenters. The van der Waals surface area contributed by atoms with Gasteiger partial charge in [-0.1, -0.05) is 0 Å². The third-order valence-electron chi connectivity index (χ3n) is 0. The summed E-state index contributed by atoms with van der Waals surface area (Å²) in [7, 11) is -4.17. The van der Waals surface area contributed by atoms with Crippen LogP contribution in [0.5, 0.6) is 0 Å². The van der Waals surface area contributed by atoms with Crippen molar-refractivity contribution in [1.82, 2.24) is 0 Å². The van der Waals surface area contributed by atoms with E-state index in [0.29, 0.717) is 0 Å². The highest BCUT2D eigenvalue weighted by Gasteiger charge is 1.81. The van der Waals surface area contributed by atoms with Crippen molar-refractivity contribution >= 4 is 10.3 Å². The normalized spacial score (nSPS) is 9.67. The minimum Gasteiger partial charge on any atom is -0.274 e. The molecule has 0 bridgehead atoms. The van der Waals surface area contributed by atoms with Crippen LogP contribution in [0.3, 0.4) is 0 Å². The summed E-state index contributed by atoms with van der Waals surface area (Å²) in [6, 6.07) is 0. The Labute approximate surface area is 34.2 Å². The molecular weight excluding hydrogens is 113 g/mol. The van der Waals surface area contributed by atoms with E-state index in [2.05, 4.69) is 5.14 Å². The first-order chi connectivity index (χ1) is 2.00. The minimum atomic E-state index is -4.17. The molecule has 0 rings (SSSR count). The van der Waals surface area contributed by atoms with Crippen LogP contribution in [0.4, 0.5) is 4.70 Å². The second kappa shape index (κ2) is 2.06. The lowest BCUT2D eigenvalue weighted by Crippen LogP contribution is -2.08. The fourth-order valence-electron chi connectivity index (χ4n) is 0. The van der Waals surface area contributed by atoms with Gasteiger partial charge >= 0.3 is 10.3 Å². The summed E-state index contributed by atoms with van der Waals surface area (Å²) in [5, 5.41) is 3.88. The summed E-state index contributed by atoms with van der Waals surface area (Å²) >= 11 is 0. The summed E-state index contributed by atoms with van der Waals surface area (Å²) in [6.45, 7) is 0. The lowest BCUT2D eigenvalue weighted by Gasteiger charge is -1.70. The van der Waals surface area contributed by atoms with Gasteiger partial charge in [-0.25, -0.2) is 5.14 Å². The van der Waals surface area contributed by atoms with Gasteiger partial charge in [-0.15, -0.1) is 0 Å². The summed E-state index contributed by atoms with van der Waals surface area (Å²) in [6.07, 6.45) is 0. The van der Waals surface area contributed by atoms with Crippen LogP contribution in [0.15, 0.2) is 0 Å². The van der Waals surface area contributed by atoms with Crippen LogP contribution in [0, 0.1) is 0 Å². The smallest absolute Gasteiger partial charge is 0.274 e. The first-order valence-electron chi connectivity index (χ1n) is 0.752. The van der Waals surface area contributed by atoms with E-state index in [1.165, 1.54) is 0 Å². The van der Waals surface area contributed by atoms with Crippen molar-refractivity contribution in [2.75, 3.05) is 0 Å². The summed E-state index contributed by atoms with van der Waals surface area (Å²) in [5.41, 5.74) is 0. The standard InChI is InChI=1S/FH.H3NO3S/c;1-5(2,3)4/h1H;(H3,1,2,3,4). The molecule has 0 atom stereocenters. The van der Waals surface area contributed by atoms with Gasteiger partial charge in [0.1, 0.15) is 0 Å². The zero-order chi connectivity index (χ0) is 4.50. The summed E-state index contributed by atoms with van der Waals surface area (Å²) < 4.78 is 25.2. The zero-order valence-electron chi connectivity index (χ0n) is 2.66. The predicted octanol–water partition coefficient (Wildman–Crippen LogP) is -1.10. The van der Waals surface area contributed by atoms with E-state index in [1.54, 1.807) is 0 Å². The van der Waals surface area contributed by atoms with Crippen molar-refractivity contribution in [3.05, 3.63) is 0 Å². The van der Waals surface area contributed by atoms with Crippen LogP contribution in [0.2, 0.25) is 0 Å². The third-order valence-corrected chi connectivity index (χ3v) is 0. The average molecular weight is 117 g/mol. The molecule has 0 radical (unpaired) electrons. The number of hydrogen-bond donors (Lipinski definition) is 2. The van der Waals surface area contributed by atoms with Gasteiger partial charge in [0, 0.05) is 0 Å². The van der Waals surface area contributed by atoms with Crippen LogP contribution in [-0.2, 0) is 10.3 Å². The quantitative estimate of drug-likeness (QED) is 0.395. The Morgan fingerprint density at radius 3 is 1.50 bits per heavy atom. The van der Waals surface area contributed by atoms with Gasteiger partial charge in [0.15, 0.2) is 0 Å². The van der Waals surface area contributed by atoms with E-state index in [-0.39, 0.29) is 4.70 Å². The highest BCUT2D eigenvalue weighted by Crippen LogP contribution is 1.50. The van der Waals surface area contributed by atoms with E-state index in [9.17, 15) is 0 Å². The summed E-state index contributed by atoms with van der Waals surface area (Å²) in [4.78, 5) is 0. The maximum absolute atomic E-state index is 8.97. The Kier molecular flexibility index (Phi) is 3.18. The van der Waals surface area contributed by atoms with Crippen molar-refractivity contribution in [3.63, 3.8) is 0 Å². The zero-order valence-corrected chi connectivity index (χ0v) is 3.47. The second-order valence-corrected chi connectivity index (χ2v) is 1.54. The molecule has 3 N–H and O–H groups in total. The van der Waals surface area contributed by atoms with Gasteiger partial charge in [0.05, 0.1) is 0 Å². The molecule has 0 saturated carbocycles. The van der Waals surface area contributed by atoms with Crippen LogP contribution in [0.25, 0.3) is 0 Å². The molecule has 4 nitrogen and oxygen atoms in total. The Hall–Kier alpha value is -0.200. The number of nitrogens with two attached hydrogens (primary N) is 1. The van der Waals surface area contributed by atoms with Gasteiger partial charge in [-0.3, -0.25) is 9.26 Å². The van der Waals surface area contributed by atoms with Gasteiger partial charge in [0.2, 0.25) is 0 Å². The number of rotatable bonds is 0. The van der Waals surface area contributed by atoms with Crippen LogP contribution in [0.1, 0.15) is 0 Å². The fraction of sp³-hybridized carbons (Fsp3) is 0. The van der Waals surface area contributed by atoms with E-state index >= 15 is 0 Å². The topological polar surface area (TPSA) is 80.4 Å². The molecule has 0 fully saturated rings. The molecule has 6 heteroatoms. The minimum absolute atomic E-state index is 0. The molecule has 40 valence electrons. The molecule has 0 aliphatic carbocycles. The third kappa shape index (κ3) is 745. The van der Waals surface area contributed by atoms with E-state index in [0.717, 1.165) is 0 Å². The van der Waals surface area contributed by atoms with Gasteiger partial charge in [0.25, 0.3) is 0 Å². The van der Waals surface area contributed by atoms with E-state index in [4.69, 9.17) is 13.0 Å². The SMILES string of the molecule is F.NS(=O)(=O)O. The van der Waals surface area contributed by atoms with Gasteiger partial charge in [-0.05, 0) is 0 Å². The van der Waals surface area contributed by atoms with Crippen molar-refractivity contribution in [2.24, 2.45) is 5.14 Å². The molecule has 0 aliphatic rings. The number of hydrogen-bond acceptors (Lipinski definition) is 2. The largest absolute Gasteiger partial charge is 0.330 e. The Bertz CT molecular complexity index is 94.0. The molecule has 0 spiro atoms. The molecule has 0 aromatic rings. The van der Waals surface area contributed by atoms with Crippen molar-refractivity contribution < 1.29 is 17.7 Å². The Balaban J connectivity index is 0. The first kappa shape index (κ1) is 9.25. The maximum atomic E-state index is 8.97. The predicted molar refractivity (Wildman–Crippen MR) is 18.2 cm³/mol. The molecular formula is H4FNO3S. The van der Waals surface area contributed by atoms with E-state index < -0.39 is 10.3 Å². The molecule has 0 aliphatic heterocycles. The Morgan fingerprint density at radius 1 is 1.50 bits per heavy atom. The molecule has 0 aromatic carbocycles. The molecule has 0 aromatic heterocycles. The van der Waals surface area contributed by atoms with Crippen molar-refractivity contribution in [1.29, 1.82) is 0 Å². The van der Waals surface area contributed by atoms with Crippen LogP contribution >= 0.6 is 0 Å². The lowest BCUT2D eigenvalue weighted by molar-refractivity contribution is 0.485. The fourth-order valence-corrected chi connectivity index (χ4v) is 0. The molecule has 6 heavy (non-hydrogen) atoms. The first-order valence-corrected chi connectivity index (χ1v) is 2.25. The second-order valence-electron chi connectivity index (χ2n) is 0.515. The molecule has 0 amide bonds. The van der Waals surface area contributed by atoms with Gasteiger partial charge < -0.3 is 0 Å². The highest BCUT2D eigenvalue weighted by molar-refractivity contribution is 7.83. The highest BCUT2D eigenvalue weighted by atomic mass is 32.2. The van der Waals surface area contributed by atoms with Crippen LogP contribution in [-0.4, -0.2) is 13.0 Å². The van der Waals surface area contributed by atoms with Crippen molar-refractivity contribution in [2.45, 2.75) is 0 Å². The Morgan fingerprint density at radius 2 is 1.50 bits per heavy atom. The monoisotopic (exact) mass is 117 g/mol. The lowest BCUT2D eigenvalue weighted by atomic mass is 13.9. The van der Waals surface area contributed by atoms with Gasteiger partial charge in [-0.2, -0.15) is 8.42 Å². The molecule has 0 saturated heterocycles. The maximum Gasteiger partial charge on any atom is 0.330 e. The van der Waals surface area contributed by atoms with Crippen LogP contribution < -0.4 is 5.14 Å². The average Bonchev–Trinajstić information content (AvgIpc) is 0.722. The van der Waals surface area contributed by atoms with Crippen molar-refractivity contribution in [3.8, 4) is 0 Å². The molecule has 0 heterocycles. The summed E-state index contributed by atoms with van der Waals surface area (Å²) in [5.74, 6) is 0. The van der Waals surface area contributed by atoms with E-state index in [1.807, 2.05) is 0 Å².